The highest BCUT2D eigenvalue weighted by atomic mass is 16.3. The van der Waals surface area contributed by atoms with Crippen molar-refractivity contribution in [3.05, 3.63) is 41.5 Å². The Morgan fingerprint density at radius 2 is 1.24 bits per heavy atom. The van der Waals surface area contributed by atoms with E-state index in [1.165, 1.54) is 0 Å². The molecule has 0 fully saturated rings. The number of aromatic nitrogens is 2. The van der Waals surface area contributed by atoms with Gasteiger partial charge in [0.05, 0.1) is 16.6 Å². The first-order chi connectivity index (χ1) is 10.2. The molecule has 0 bridgehead atoms. The number of hydrogen-bond donors (Lipinski definition) is 1. The van der Waals surface area contributed by atoms with Crippen molar-refractivity contribution in [3.63, 3.8) is 0 Å². The largest absolute Gasteiger partial charge is 0.505 e. The molecule has 3 aromatic rings. The van der Waals surface area contributed by atoms with Crippen molar-refractivity contribution < 1.29 is 5.11 Å². The van der Waals surface area contributed by atoms with E-state index >= 15 is 0 Å². The summed E-state index contributed by atoms with van der Waals surface area (Å²) in [5.41, 5.74) is 4.88. The summed E-state index contributed by atoms with van der Waals surface area (Å²) in [4.78, 5) is 9.04. The number of hydrogen-bond acceptors (Lipinski definition) is 3. The lowest BCUT2D eigenvalue weighted by Gasteiger charge is -2.07. The average Bonchev–Trinajstić information content (AvgIpc) is 2.55. The van der Waals surface area contributed by atoms with Gasteiger partial charge in [-0.2, -0.15) is 0 Å². The Morgan fingerprint density at radius 3 is 1.76 bits per heavy atom. The number of nitrogens with zero attached hydrogens (tertiary/aromatic N) is 2. The predicted octanol–water partition coefficient (Wildman–Crippen LogP) is 5.16. The highest BCUT2D eigenvalue weighted by molar-refractivity contribution is 5.91. The summed E-state index contributed by atoms with van der Waals surface area (Å²) in [6.07, 6.45) is 0. The summed E-state index contributed by atoms with van der Waals surface area (Å²) in [5, 5.41) is 10.0. The van der Waals surface area contributed by atoms with Crippen LogP contribution in [-0.4, -0.2) is 15.1 Å². The Kier molecular flexibility index (Phi) is 6.10. The zero-order valence-electron chi connectivity index (χ0n) is 13.7. The van der Waals surface area contributed by atoms with Crippen molar-refractivity contribution in [2.75, 3.05) is 0 Å². The molecule has 0 aliphatic heterocycles. The van der Waals surface area contributed by atoms with Gasteiger partial charge in [0, 0.05) is 0 Å². The molecule has 3 rings (SSSR count). The molecule has 0 spiro atoms. The Hall–Kier alpha value is -2.16. The van der Waals surface area contributed by atoms with E-state index in [-0.39, 0.29) is 5.75 Å². The predicted molar refractivity (Wildman–Crippen MR) is 90.9 cm³/mol. The molecular formula is C18H24N2O. The summed E-state index contributed by atoms with van der Waals surface area (Å²) in [7, 11) is 0. The van der Waals surface area contributed by atoms with Crippen LogP contribution in [0.25, 0.3) is 22.1 Å². The van der Waals surface area contributed by atoms with Crippen LogP contribution in [0.2, 0.25) is 0 Å². The number of benzene rings is 2. The van der Waals surface area contributed by atoms with Crippen molar-refractivity contribution in [1.29, 1.82) is 0 Å². The lowest BCUT2D eigenvalue weighted by molar-refractivity contribution is 0.476. The molecule has 2 aromatic carbocycles. The van der Waals surface area contributed by atoms with Crippen LogP contribution in [0.3, 0.4) is 0 Å². The van der Waals surface area contributed by atoms with E-state index in [9.17, 15) is 5.11 Å². The Labute approximate surface area is 126 Å². The third-order valence-corrected chi connectivity index (χ3v) is 2.97. The fourth-order valence-electron chi connectivity index (χ4n) is 2.09. The minimum absolute atomic E-state index is 0.226. The lowest BCUT2D eigenvalue weighted by atomic mass is 10.1. The van der Waals surface area contributed by atoms with Crippen molar-refractivity contribution in [1.82, 2.24) is 9.97 Å². The molecule has 0 saturated carbocycles. The van der Waals surface area contributed by atoms with Crippen LogP contribution in [0, 0.1) is 13.8 Å². The molecule has 0 unspecified atom stereocenters. The van der Waals surface area contributed by atoms with Gasteiger partial charge in [0.25, 0.3) is 0 Å². The molecule has 3 heteroatoms. The van der Waals surface area contributed by atoms with Crippen LogP contribution in [-0.2, 0) is 0 Å². The monoisotopic (exact) mass is 284 g/mol. The summed E-state index contributed by atoms with van der Waals surface area (Å²) in [6, 6.07) is 9.62. The second-order valence-electron chi connectivity index (χ2n) is 4.27. The van der Waals surface area contributed by atoms with E-state index in [4.69, 9.17) is 0 Å². The SMILES string of the molecule is CC.CC.Cc1cc(C)c2nc3ccccc3nc2c1O. The standard InChI is InChI=1S/C14H12N2O.2C2H6/c1-8-7-9(2)14(17)13-12(8)15-10-5-3-4-6-11(10)16-13;2*1-2/h3-7,17H,1-2H3;2*1-2H3. The number of fused-ring (bicyclic) bond motifs is 2. The molecule has 0 aliphatic carbocycles. The van der Waals surface area contributed by atoms with Crippen LogP contribution in [0.5, 0.6) is 5.75 Å². The zero-order valence-corrected chi connectivity index (χ0v) is 13.7. The topological polar surface area (TPSA) is 46.0 Å². The highest BCUT2D eigenvalue weighted by Crippen LogP contribution is 2.29. The lowest BCUT2D eigenvalue weighted by Crippen LogP contribution is -1.92. The van der Waals surface area contributed by atoms with Crippen LogP contribution >= 0.6 is 0 Å². The Balaban J connectivity index is 0.000000510. The van der Waals surface area contributed by atoms with Crippen LogP contribution in [0.15, 0.2) is 30.3 Å². The van der Waals surface area contributed by atoms with Crippen LogP contribution < -0.4 is 0 Å². The van der Waals surface area contributed by atoms with Gasteiger partial charge >= 0.3 is 0 Å². The normalized spacial score (nSPS) is 9.62. The van der Waals surface area contributed by atoms with Gasteiger partial charge in [0.15, 0.2) is 0 Å². The summed E-state index contributed by atoms with van der Waals surface area (Å²) >= 11 is 0. The molecule has 21 heavy (non-hydrogen) atoms. The molecule has 0 radical (unpaired) electrons. The van der Waals surface area contributed by atoms with Gasteiger partial charge in [-0.15, -0.1) is 0 Å². The van der Waals surface area contributed by atoms with E-state index < -0.39 is 0 Å². The first kappa shape index (κ1) is 16.9. The van der Waals surface area contributed by atoms with Gasteiger partial charge < -0.3 is 5.11 Å². The Bertz CT molecular complexity index is 736. The minimum Gasteiger partial charge on any atom is -0.505 e. The van der Waals surface area contributed by atoms with Gasteiger partial charge in [-0.3, -0.25) is 0 Å². The highest BCUT2D eigenvalue weighted by Gasteiger charge is 2.10. The van der Waals surface area contributed by atoms with Gasteiger partial charge in [0.2, 0.25) is 0 Å². The molecule has 3 nitrogen and oxygen atoms in total. The van der Waals surface area contributed by atoms with Gasteiger partial charge in [0.1, 0.15) is 11.3 Å². The van der Waals surface area contributed by atoms with Gasteiger partial charge in [-0.1, -0.05) is 45.9 Å². The smallest absolute Gasteiger partial charge is 0.146 e. The van der Waals surface area contributed by atoms with E-state index in [1.807, 2.05) is 71.9 Å². The van der Waals surface area contributed by atoms with Gasteiger partial charge in [-0.05, 0) is 37.1 Å². The quantitative estimate of drug-likeness (QED) is 0.580. The van der Waals surface area contributed by atoms with Crippen LogP contribution in [0.1, 0.15) is 38.8 Å². The van der Waals surface area contributed by atoms with E-state index in [0.29, 0.717) is 5.52 Å². The third-order valence-electron chi connectivity index (χ3n) is 2.97. The summed E-state index contributed by atoms with van der Waals surface area (Å²) in [6.45, 7) is 11.9. The molecule has 1 aromatic heterocycles. The van der Waals surface area contributed by atoms with Crippen molar-refractivity contribution in [3.8, 4) is 5.75 Å². The number of phenols is 1. The first-order valence-corrected chi connectivity index (χ1v) is 7.52. The Morgan fingerprint density at radius 1 is 0.762 bits per heavy atom. The average molecular weight is 284 g/mol. The molecule has 1 heterocycles. The number of aromatic hydroxyl groups is 1. The van der Waals surface area contributed by atoms with Crippen molar-refractivity contribution in [2.45, 2.75) is 41.5 Å². The number of para-hydroxylation sites is 2. The number of aryl methyl sites for hydroxylation is 2. The van der Waals surface area contributed by atoms with Gasteiger partial charge in [-0.25, -0.2) is 9.97 Å². The fraction of sp³-hybridized carbons (Fsp3) is 0.333. The molecule has 0 aliphatic rings. The number of rotatable bonds is 0. The molecular weight excluding hydrogens is 260 g/mol. The van der Waals surface area contributed by atoms with Crippen molar-refractivity contribution in [2.24, 2.45) is 0 Å². The maximum absolute atomic E-state index is 10.0. The maximum Gasteiger partial charge on any atom is 0.146 e. The molecule has 0 saturated heterocycles. The molecule has 1 N–H and O–H groups in total. The third kappa shape index (κ3) is 3.30. The second-order valence-corrected chi connectivity index (χ2v) is 4.27. The molecule has 0 amide bonds. The second kappa shape index (κ2) is 7.58. The van der Waals surface area contributed by atoms with E-state index in [0.717, 1.165) is 27.7 Å². The van der Waals surface area contributed by atoms with E-state index in [1.54, 1.807) is 0 Å². The van der Waals surface area contributed by atoms with Crippen LogP contribution in [0.4, 0.5) is 0 Å². The fourth-order valence-corrected chi connectivity index (χ4v) is 2.09. The molecule has 112 valence electrons. The zero-order chi connectivity index (χ0) is 16.0. The summed E-state index contributed by atoms with van der Waals surface area (Å²) in [5.74, 6) is 0.226. The van der Waals surface area contributed by atoms with Crippen molar-refractivity contribution >= 4 is 22.1 Å². The number of phenolic OH excluding ortho intramolecular Hbond substituents is 1. The molecule has 0 atom stereocenters. The van der Waals surface area contributed by atoms with E-state index in [2.05, 4.69) is 9.97 Å². The summed E-state index contributed by atoms with van der Waals surface area (Å²) < 4.78 is 0. The maximum atomic E-state index is 10.0. The minimum atomic E-state index is 0.226. The first-order valence-electron chi connectivity index (χ1n) is 7.52.